The summed E-state index contributed by atoms with van der Waals surface area (Å²) in [6, 6.07) is 7.56. The summed E-state index contributed by atoms with van der Waals surface area (Å²) < 4.78 is 6.99. The van der Waals surface area contributed by atoms with Crippen LogP contribution in [-0.2, 0) is 16.1 Å². The van der Waals surface area contributed by atoms with E-state index in [1.54, 1.807) is 11.7 Å². The molecule has 170 valence electrons. The quantitative estimate of drug-likeness (QED) is 0.707. The van der Waals surface area contributed by atoms with E-state index in [-0.39, 0.29) is 29.0 Å². The fraction of sp³-hybridized carbons (Fsp3) is 0.625. The van der Waals surface area contributed by atoms with E-state index < -0.39 is 0 Å². The minimum atomic E-state index is -0.0449. The van der Waals surface area contributed by atoms with E-state index >= 15 is 0 Å². The average molecular weight is 429 g/mol. The van der Waals surface area contributed by atoms with Gasteiger partial charge in [-0.25, -0.2) is 4.98 Å². The third-order valence-corrected chi connectivity index (χ3v) is 5.99. The number of rotatable bonds is 6. The highest BCUT2D eigenvalue weighted by Gasteiger charge is 2.33. The topological polar surface area (TPSA) is 67.7 Å². The Hall–Kier alpha value is -2.25. The minimum absolute atomic E-state index is 0.0202. The Morgan fingerprint density at radius 2 is 1.97 bits per heavy atom. The first-order valence-electron chi connectivity index (χ1n) is 11.1. The first-order valence-corrected chi connectivity index (χ1v) is 11.1. The second kappa shape index (κ2) is 9.49. The summed E-state index contributed by atoms with van der Waals surface area (Å²) in [7, 11) is 1.64. The van der Waals surface area contributed by atoms with Gasteiger partial charge in [0.15, 0.2) is 0 Å². The maximum atomic E-state index is 13.2. The number of benzene rings is 1. The summed E-state index contributed by atoms with van der Waals surface area (Å²) in [4.78, 5) is 35.1. The Labute approximate surface area is 185 Å². The molecular formula is C24H36N4O3. The van der Waals surface area contributed by atoms with Gasteiger partial charge < -0.3 is 9.64 Å². The van der Waals surface area contributed by atoms with E-state index in [2.05, 4.69) is 39.5 Å². The Morgan fingerprint density at radius 3 is 2.61 bits per heavy atom. The normalized spacial score (nSPS) is 19.0. The lowest BCUT2D eigenvalue weighted by Gasteiger charge is -2.43. The van der Waals surface area contributed by atoms with Crippen molar-refractivity contribution in [2.24, 2.45) is 5.41 Å². The lowest BCUT2D eigenvalue weighted by Crippen LogP contribution is -2.55. The third kappa shape index (κ3) is 5.33. The van der Waals surface area contributed by atoms with Crippen molar-refractivity contribution in [1.82, 2.24) is 19.4 Å². The number of amides is 1. The number of nitrogens with zero attached hydrogens (tertiary/aromatic N) is 4. The van der Waals surface area contributed by atoms with Crippen molar-refractivity contribution in [1.29, 1.82) is 0 Å². The zero-order valence-corrected chi connectivity index (χ0v) is 19.7. The summed E-state index contributed by atoms with van der Waals surface area (Å²) in [6.07, 6.45) is 0.551. The number of aromatic nitrogens is 2. The van der Waals surface area contributed by atoms with E-state index in [1.165, 1.54) is 0 Å². The molecule has 1 aliphatic heterocycles. The van der Waals surface area contributed by atoms with Crippen LogP contribution in [0.4, 0.5) is 0 Å². The molecule has 2 heterocycles. The van der Waals surface area contributed by atoms with Crippen molar-refractivity contribution < 1.29 is 9.53 Å². The molecule has 31 heavy (non-hydrogen) atoms. The van der Waals surface area contributed by atoms with E-state index in [1.807, 2.05) is 29.2 Å². The molecular weight excluding hydrogens is 392 g/mol. The molecule has 1 aromatic heterocycles. The Morgan fingerprint density at radius 1 is 1.26 bits per heavy atom. The molecule has 0 N–H and O–H groups in total. The Kier molecular flexibility index (Phi) is 7.17. The molecule has 1 saturated heterocycles. The summed E-state index contributed by atoms with van der Waals surface area (Å²) >= 11 is 0. The molecule has 2 atom stereocenters. The fourth-order valence-corrected chi connectivity index (χ4v) is 4.33. The van der Waals surface area contributed by atoms with Crippen LogP contribution in [0.1, 0.15) is 52.9 Å². The van der Waals surface area contributed by atoms with Crippen LogP contribution in [0.5, 0.6) is 0 Å². The van der Waals surface area contributed by atoms with Crippen molar-refractivity contribution in [3.8, 4) is 0 Å². The second-order valence-electron chi connectivity index (χ2n) is 9.78. The first kappa shape index (κ1) is 23.4. The van der Waals surface area contributed by atoms with Crippen molar-refractivity contribution in [2.75, 3.05) is 33.4 Å². The highest BCUT2D eigenvalue weighted by atomic mass is 16.5. The number of ether oxygens (including phenoxy) is 1. The van der Waals surface area contributed by atoms with Gasteiger partial charge in [0.25, 0.3) is 5.56 Å². The van der Waals surface area contributed by atoms with Crippen LogP contribution in [-0.4, -0.2) is 64.7 Å². The summed E-state index contributed by atoms with van der Waals surface area (Å²) in [5, 5.41) is 0.625. The van der Waals surface area contributed by atoms with Crippen LogP contribution < -0.4 is 5.56 Å². The predicted octanol–water partition coefficient (Wildman–Crippen LogP) is 3.07. The molecule has 0 aliphatic carbocycles. The molecule has 0 radical (unpaired) electrons. The summed E-state index contributed by atoms with van der Waals surface area (Å²) in [6.45, 7) is 13.6. The van der Waals surface area contributed by atoms with E-state index in [9.17, 15) is 9.59 Å². The van der Waals surface area contributed by atoms with Gasteiger partial charge in [0.1, 0.15) is 5.82 Å². The molecule has 1 aromatic carbocycles. The lowest BCUT2D eigenvalue weighted by molar-refractivity contribution is -0.138. The molecule has 2 unspecified atom stereocenters. The number of fused-ring (bicyclic) bond motifs is 1. The van der Waals surface area contributed by atoms with E-state index in [4.69, 9.17) is 9.72 Å². The summed E-state index contributed by atoms with van der Waals surface area (Å²) in [5.41, 5.74) is 0.666. The van der Waals surface area contributed by atoms with Crippen LogP contribution in [0, 0.1) is 5.41 Å². The fourth-order valence-electron chi connectivity index (χ4n) is 4.33. The molecule has 1 fully saturated rings. The number of methoxy groups -OCH3 is 1. The Balaban J connectivity index is 1.85. The van der Waals surface area contributed by atoms with Crippen LogP contribution in [0.25, 0.3) is 10.9 Å². The van der Waals surface area contributed by atoms with Crippen molar-refractivity contribution in [3.05, 3.63) is 40.4 Å². The molecule has 1 amide bonds. The van der Waals surface area contributed by atoms with Gasteiger partial charge >= 0.3 is 0 Å². The maximum Gasteiger partial charge on any atom is 0.261 e. The zero-order valence-electron chi connectivity index (χ0n) is 19.7. The molecule has 2 aromatic rings. The van der Waals surface area contributed by atoms with E-state index in [0.717, 1.165) is 24.4 Å². The van der Waals surface area contributed by atoms with Crippen molar-refractivity contribution in [2.45, 2.75) is 59.7 Å². The molecule has 3 rings (SSSR count). The maximum absolute atomic E-state index is 13.2. The van der Waals surface area contributed by atoms with E-state index in [0.29, 0.717) is 31.5 Å². The van der Waals surface area contributed by atoms with Gasteiger partial charge in [0, 0.05) is 39.2 Å². The van der Waals surface area contributed by atoms with Gasteiger partial charge in [0.05, 0.1) is 30.1 Å². The molecule has 7 heteroatoms. The van der Waals surface area contributed by atoms with Crippen LogP contribution in [0.3, 0.4) is 0 Å². The van der Waals surface area contributed by atoms with Gasteiger partial charge in [0.2, 0.25) is 5.91 Å². The van der Waals surface area contributed by atoms with Crippen LogP contribution in [0.15, 0.2) is 29.1 Å². The summed E-state index contributed by atoms with van der Waals surface area (Å²) in [5.74, 6) is 0.968. The predicted molar refractivity (Wildman–Crippen MR) is 123 cm³/mol. The molecule has 0 spiro atoms. The van der Waals surface area contributed by atoms with Gasteiger partial charge in [-0.1, -0.05) is 32.9 Å². The standard InChI is InChI=1S/C24H36N4O3/c1-17-16-26(11-12-27(17)21(29)15-24(3,4)5)18(2)22-25-20-10-8-7-9-19(20)23(30)28(22)13-14-31-6/h7-10,17-18H,11-16H2,1-6H3. The average Bonchev–Trinajstić information content (AvgIpc) is 2.71. The van der Waals surface area contributed by atoms with Crippen LogP contribution in [0.2, 0.25) is 0 Å². The first-order chi connectivity index (χ1) is 14.6. The number of carbonyl (C=O) groups is 1. The molecule has 7 nitrogen and oxygen atoms in total. The monoisotopic (exact) mass is 428 g/mol. The van der Waals surface area contributed by atoms with Gasteiger partial charge in [-0.3, -0.25) is 19.1 Å². The highest BCUT2D eigenvalue weighted by Crippen LogP contribution is 2.26. The zero-order chi connectivity index (χ0) is 22.8. The minimum Gasteiger partial charge on any atom is -0.383 e. The number of hydrogen-bond acceptors (Lipinski definition) is 5. The molecule has 0 saturated carbocycles. The number of carbonyl (C=O) groups excluding carboxylic acids is 1. The lowest BCUT2D eigenvalue weighted by atomic mass is 9.91. The molecule has 1 aliphatic rings. The van der Waals surface area contributed by atoms with Crippen molar-refractivity contribution in [3.63, 3.8) is 0 Å². The Bertz CT molecular complexity index is 979. The second-order valence-corrected chi connectivity index (χ2v) is 9.78. The smallest absolute Gasteiger partial charge is 0.261 e. The van der Waals surface area contributed by atoms with Gasteiger partial charge in [-0.15, -0.1) is 0 Å². The SMILES string of the molecule is COCCn1c(C(C)N2CCN(C(=O)CC(C)(C)C)C(C)C2)nc2ccccc2c1=O. The number of hydrogen-bond donors (Lipinski definition) is 0. The van der Waals surface area contributed by atoms with Crippen LogP contribution >= 0.6 is 0 Å². The van der Waals surface area contributed by atoms with Crippen molar-refractivity contribution >= 4 is 16.8 Å². The van der Waals surface area contributed by atoms with Gasteiger partial charge in [-0.2, -0.15) is 0 Å². The van der Waals surface area contributed by atoms with Gasteiger partial charge in [-0.05, 0) is 31.4 Å². The largest absolute Gasteiger partial charge is 0.383 e. The number of piperazine rings is 1. The number of para-hydroxylation sites is 1. The highest BCUT2D eigenvalue weighted by molar-refractivity contribution is 5.78. The molecule has 0 bridgehead atoms. The third-order valence-electron chi connectivity index (χ3n) is 5.99.